The highest BCUT2D eigenvalue weighted by Crippen LogP contribution is 2.30. The van der Waals surface area contributed by atoms with Crippen LogP contribution in [0.3, 0.4) is 0 Å². The molecule has 4 rings (SSSR count). The van der Waals surface area contributed by atoms with Gasteiger partial charge in [-0.1, -0.05) is 42.5 Å². The third kappa shape index (κ3) is 3.39. The molecule has 130 valence electrons. The number of nitrogens with zero attached hydrogens (tertiary/aromatic N) is 2. The van der Waals surface area contributed by atoms with Crippen LogP contribution >= 0.6 is 11.3 Å². The summed E-state index contributed by atoms with van der Waals surface area (Å²) in [5.41, 5.74) is 2.22. The molecule has 0 amide bonds. The maximum atomic E-state index is 12.7. The zero-order valence-corrected chi connectivity index (χ0v) is 15.2. The quantitative estimate of drug-likeness (QED) is 0.525. The van der Waals surface area contributed by atoms with Crippen molar-refractivity contribution in [1.82, 2.24) is 9.55 Å². The number of benzene rings is 2. The average molecular weight is 362 g/mol. The fourth-order valence-electron chi connectivity index (χ4n) is 2.83. The molecular formula is C21H18N2O2S. The summed E-state index contributed by atoms with van der Waals surface area (Å²) in [5.74, 6) is 0.814. The molecule has 0 saturated carbocycles. The van der Waals surface area contributed by atoms with Crippen molar-refractivity contribution >= 4 is 21.6 Å². The van der Waals surface area contributed by atoms with Gasteiger partial charge in [-0.15, -0.1) is 11.3 Å². The fourth-order valence-corrected chi connectivity index (χ4v) is 3.83. The molecule has 2 aromatic heterocycles. The van der Waals surface area contributed by atoms with Crippen LogP contribution in [0, 0.1) is 6.92 Å². The SMILES string of the molecule is Cc1cccc(OCCn2cnc3sc(-c4ccccc4)cc3c2=O)c1. The van der Waals surface area contributed by atoms with Gasteiger partial charge in [0.25, 0.3) is 5.56 Å². The highest BCUT2D eigenvalue weighted by molar-refractivity contribution is 7.21. The second-order valence-electron chi connectivity index (χ2n) is 6.10. The van der Waals surface area contributed by atoms with Crippen molar-refractivity contribution in [1.29, 1.82) is 0 Å². The topological polar surface area (TPSA) is 44.1 Å². The van der Waals surface area contributed by atoms with E-state index in [1.807, 2.05) is 67.6 Å². The standard InChI is InChI=1S/C21H18N2O2S/c1-15-6-5-9-17(12-15)25-11-10-23-14-22-20-18(21(23)24)13-19(26-20)16-7-3-2-4-8-16/h2-9,12-14H,10-11H2,1H3. The maximum Gasteiger partial charge on any atom is 0.262 e. The molecule has 0 saturated heterocycles. The van der Waals surface area contributed by atoms with E-state index in [1.54, 1.807) is 10.9 Å². The molecule has 0 fully saturated rings. The van der Waals surface area contributed by atoms with Gasteiger partial charge in [-0.25, -0.2) is 4.98 Å². The van der Waals surface area contributed by atoms with E-state index in [0.29, 0.717) is 18.5 Å². The number of hydrogen-bond donors (Lipinski definition) is 0. The fraction of sp³-hybridized carbons (Fsp3) is 0.143. The lowest BCUT2D eigenvalue weighted by Gasteiger charge is -2.08. The van der Waals surface area contributed by atoms with Gasteiger partial charge in [0.05, 0.1) is 18.3 Å². The molecule has 0 aliphatic carbocycles. The van der Waals surface area contributed by atoms with Crippen molar-refractivity contribution in [2.45, 2.75) is 13.5 Å². The third-order valence-electron chi connectivity index (χ3n) is 4.17. The molecular weight excluding hydrogens is 344 g/mol. The number of ether oxygens (including phenoxy) is 1. The van der Waals surface area contributed by atoms with Crippen molar-refractivity contribution in [3.63, 3.8) is 0 Å². The summed E-state index contributed by atoms with van der Waals surface area (Å²) in [6.45, 7) is 2.91. The van der Waals surface area contributed by atoms with E-state index in [1.165, 1.54) is 11.3 Å². The van der Waals surface area contributed by atoms with E-state index in [4.69, 9.17) is 4.74 Å². The van der Waals surface area contributed by atoms with Crippen molar-refractivity contribution < 1.29 is 4.74 Å². The van der Waals surface area contributed by atoms with Gasteiger partial charge in [0.2, 0.25) is 0 Å². The molecule has 4 nitrogen and oxygen atoms in total. The smallest absolute Gasteiger partial charge is 0.262 e. The molecule has 0 radical (unpaired) electrons. The average Bonchev–Trinajstić information content (AvgIpc) is 3.10. The minimum Gasteiger partial charge on any atom is -0.492 e. The van der Waals surface area contributed by atoms with E-state index in [0.717, 1.165) is 26.6 Å². The van der Waals surface area contributed by atoms with Gasteiger partial charge < -0.3 is 4.74 Å². The van der Waals surface area contributed by atoms with Crippen LogP contribution in [0.4, 0.5) is 0 Å². The van der Waals surface area contributed by atoms with Gasteiger partial charge in [0.15, 0.2) is 0 Å². The molecule has 26 heavy (non-hydrogen) atoms. The second-order valence-corrected chi connectivity index (χ2v) is 7.13. The Hall–Kier alpha value is -2.92. The summed E-state index contributed by atoms with van der Waals surface area (Å²) in [7, 11) is 0. The predicted octanol–water partition coefficient (Wildman–Crippen LogP) is 4.51. The molecule has 0 aliphatic rings. The lowest BCUT2D eigenvalue weighted by atomic mass is 10.2. The lowest BCUT2D eigenvalue weighted by molar-refractivity contribution is 0.296. The Morgan fingerprint density at radius 3 is 2.73 bits per heavy atom. The summed E-state index contributed by atoms with van der Waals surface area (Å²) in [4.78, 5) is 19.0. The van der Waals surface area contributed by atoms with E-state index in [9.17, 15) is 4.79 Å². The Morgan fingerprint density at radius 2 is 1.92 bits per heavy atom. The molecule has 0 spiro atoms. The van der Waals surface area contributed by atoms with Crippen LogP contribution < -0.4 is 10.3 Å². The van der Waals surface area contributed by atoms with Crippen molar-refractivity contribution in [2.24, 2.45) is 0 Å². The maximum absolute atomic E-state index is 12.7. The summed E-state index contributed by atoms with van der Waals surface area (Å²) in [5, 5.41) is 0.659. The molecule has 0 aliphatic heterocycles. The van der Waals surface area contributed by atoms with Crippen molar-refractivity contribution in [3.8, 4) is 16.2 Å². The summed E-state index contributed by atoms with van der Waals surface area (Å²) < 4.78 is 7.36. The van der Waals surface area contributed by atoms with E-state index >= 15 is 0 Å². The number of thiophene rings is 1. The Morgan fingerprint density at radius 1 is 1.08 bits per heavy atom. The van der Waals surface area contributed by atoms with Crippen LogP contribution in [-0.4, -0.2) is 16.2 Å². The molecule has 4 aromatic rings. The van der Waals surface area contributed by atoms with Crippen LogP contribution in [-0.2, 0) is 6.54 Å². The highest BCUT2D eigenvalue weighted by atomic mass is 32.1. The summed E-state index contributed by atoms with van der Waals surface area (Å²) in [6, 6.07) is 19.9. The molecule has 2 heterocycles. The first-order valence-corrected chi connectivity index (χ1v) is 9.26. The van der Waals surface area contributed by atoms with Gasteiger partial charge in [0.1, 0.15) is 17.2 Å². The number of fused-ring (bicyclic) bond motifs is 1. The van der Waals surface area contributed by atoms with Gasteiger partial charge >= 0.3 is 0 Å². The first kappa shape index (κ1) is 16.5. The first-order chi connectivity index (χ1) is 12.7. The van der Waals surface area contributed by atoms with E-state index < -0.39 is 0 Å². The van der Waals surface area contributed by atoms with Crippen LogP contribution in [0.25, 0.3) is 20.7 Å². The molecule has 0 atom stereocenters. The molecule has 5 heteroatoms. The van der Waals surface area contributed by atoms with Crippen LogP contribution in [0.2, 0.25) is 0 Å². The molecule has 0 bridgehead atoms. The minimum absolute atomic E-state index is 0.0266. The Kier molecular flexibility index (Phi) is 4.54. The lowest BCUT2D eigenvalue weighted by Crippen LogP contribution is -2.23. The van der Waals surface area contributed by atoms with Crippen LogP contribution in [0.5, 0.6) is 5.75 Å². The van der Waals surface area contributed by atoms with Gasteiger partial charge in [-0.05, 0) is 36.2 Å². The van der Waals surface area contributed by atoms with Gasteiger partial charge in [-0.3, -0.25) is 9.36 Å². The summed E-state index contributed by atoms with van der Waals surface area (Å²) >= 11 is 1.54. The third-order valence-corrected chi connectivity index (χ3v) is 5.26. The zero-order valence-electron chi connectivity index (χ0n) is 14.4. The molecule has 0 N–H and O–H groups in total. The number of aromatic nitrogens is 2. The zero-order chi connectivity index (χ0) is 17.9. The van der Waals surface area contributed by atoms with Crippen LogP contribution in [0.15, 0.2) is 71.8 Å². The van der Waals surface area contributed by atoms with E-state index in [-0.39, 0.29) is 5.56 Å². The largest absolute Gasteiger partial charge is 0.492 e. The van der Waals surface area contributed by atoms with Gasteiger partial charge in [-0.2, -0.15) is 0 Å². The van der Waals surface area contributed by atoms with E-state index in [2.05, 4.69) is 4.98 Å². The minimum atomic E-state index is -0.0266. The van der Waals surface area contributed by atoms with Crippen LogP contribution in [0.1, 0.15) is 5.56 Å². The van der Waals surface area contributed by atoms with Crippen molar-refractivity contribution in [2.75, 3.05) is 6.61 Å². The number of hydrogen-bond acceptors (Lipinski definition) is 4. The predicted molar refractivity (Wildman–Crippen MR) is 106 cm³/mol. The number of rotatable bonds is 5. The Balaban J connectivity index is 1.55. The monoisotopic (exact) mass is 362 g/mol. The summed E-state index contributed by atoms with van der Waals surface area (Å²) in [6.07, 6.45) is 1.61. The second kappa shape index (κ2) is 7.14. The Labute approximate surface area is 155 Å². The normalized spacial score (nSPS) is 11.0. The first-order valence-electron chi connectivity index (χ1n) is 8.44. The number of aryl methyl sites for hydroxylation is 1. The molecule has 2 aromatic carbocycles. The van der Waals surface area contributed by atoms with Crippen molar-refractivity contribution in [3.05, 3.63) is 82.9 Å². The van der Waals surface area contributed by atoms with Gasteiger partial charge in [0, 0.05) is 4.88 Å². The Bertz CT molecular complexity index is 1100. The molecule has 0 unspecified atom stereocenters. The highest BCUT2D eigenvalue weighted by Gasteiger charge is 2.10.